The first-order valence-electron chi connectivity index (χ1n) is 8.38. The summed E-state index contributed by atoms with van der Waals surface area (Å²) < 4.78 is 29.3. The van der Waals surface area contributed by atoms with E-state index in [-0.39, 0.29) is 18.5 Å². The second kappa shape index (κ2) is 7.87. The Morgan fingerprint density at radius 3 is 2.78 bits per heavy atom. The number of hydrogen-bond acceptors (Lipinski definition) is 6. The molecule has 2 aromatic heterocycles. The molecule has 1 fully saturated rings. The average molecular weight is 388 g/mol. The normalized spacial score (nSPS) is 18.1. The van der Waals surface area contributed by atoms with Crippen LogP contribution in [0.5, 0.6) is 0 Å². The number of pyridine rings is 2. The van der Waals surface area contributed by atoms with Crippen molar-refractivity contribution in [1.29, 1.82) is 0 Å². The van der Waals surface area contributed by atoms with Gasteiger partial charge in [0.15, 0.2) is 0 Å². The number of aliphatic hydroxyl groups is 1. The largest absolute Gasteiger partial charge is 0.390 e. The van der Waals surface area contributed by atoms with Gasteiger partial charge in [-0.15, -0.1) is 0 Å². The fourth-order valence-corrected chi connectivity index (χ4v) is 4.31. The molecule has 27 heavy (non-hydrogen) atoms. The van der Waals surface area contributed by atoms with Crippen LogP contribution in [0.2, 0.25) is 0 Å². The van der Waals surface area contributed by atoms with Gasteiger partial charge in [-0.1, -0.05) is 12.1 Å². The monoisotopic (exact) mass is 388 g/mol. The summed E-state index contributed by atoms with van der Waals surface area (Å²) in [5, 5.41) is 9.14. The van der Waals surface area contributed by atoms with Gasteiger partial charge in [0.2, 0.25) is 5.69 Å². The number of aromatic nitrogens is 2. The van der Waals surface area contributed by atoms with Crippen LogP contribution in [0.1, 0.15) is 12.6 Å². The summed E-state index contributed by atoms with van der Waals surface area (Å²) in [5.41, 5.74) is 0.858. The molecule has 0 spiro atoms. The van der Waals surface area contributed by atoms with Gasteiger partial charge in [-0.05, 0) is 25.1 Å². The van der Waals surface area contributed by atoms with Crippen LogP contribution in [0.25, 0.3) is 4.85 Å². The minimum Gasteiger partial charge on any atom is -0.390 e. The third-order valence-corrected chi connectivity index (χ3v) is 5.89. The highest BCUT2D eigenvalue weighted by molar-refractivity contribution is 7.90. The number of nitrogens with zero attached hydrogens (tertiary/aromatic N) is 5. The van der Waals surface area contributed by atoms with E-state index in [0.29, 0.717) is 31.0 Å². The average Bonchev–Trinajstić information content (AvgIpc) is 2.67. The molecule has 0 aromatic carbocycles. The molecule has 0 bridgehead atoms. The molecule has 1 aliphatic heterocycles. The summed E-state index contributed by atoms with van der Waals surface area (Å²) in [7, 11) is -3.77. The maximum atomic E-state index is 12.7. The van der Waals surface area contributed by atoms with Gasteiger partial charge in [0.1, 0.15) is 11.6 Å². The number of anilines is 2. The molecular formula is C17H20N6O3S. The van der Waals surface area contributed by atoms with E-state index in [1.807, 2.05) is 11.8 Å². The molecule has 0 aliphatic carbocycles. The van der Waals surface area contributed by atoms with Gasteiger partial charge in [-0.25, -0.2) is 9.83 Å². The second-order valence-electron chi connectivity index (χ2n) is 6.17. The van der Waals surface area contributed by atoms with Crippen molar-refractivity contribution >= 4 is 27.5 Å². The van der Waals surface area contributed by atoms with Crippen LogP contribution < -0.4 is 9.62 Å². The molecular weight excluding hydrogens is 368 g/mol. The van der Waals surface area contributed by atoms with E-state index >= 15 is 0 Å². The highest BCUT2D eigenvalue weighted by atomic mass is 32.2. The van der Waals surface area contributed by atoms with Gasteiger partial charge in [-0.3, -0.25) is 9.71 Å². The van der Waals surface area contributed by atoms with E-state index in [1.54, 1.807) is 30.3 Å². The van der Waals surface area contributed by atoms with E-state index in [2.05, 4.69) is 19.5 Å². The van der Waals surface area contributed by atoms with Crippen LogP contribution in [-0.2, 0) is 16.8 Å². The zero-order valence-electron chi connectivity index (χ0n) is 14.8. The molecule has 3 rings (SSSR count). The minimum absolute atomic E-state index is 0.174. The Bertz CT molecular complexity index is 942. The minimum atomic E-state index is -3.77. The van der Waals surface area contributed by atoms with Crippen molar-refractivity contribution in [3.8, 4) is 0 Å². The SMILES string of the molecule is [C-]#[N+]c1ccc(N2CCN(S(=O)(=O)Nc3cccc(CO)n3)C(C)C2)nc1. The summed E-state index contributed by atoms with van der Waals surface area (Å²) in [4.78, 5) is 13.7. The number of aliphatic hydroxyl groups excluding tert-OH is 1. The lowest BCUT2D eigenvalue weighted by atomic mass is 10.2. The van der Waals surface area contributed by atoms with Crippen molar-refractivity contribution in [3.05, 3.63) is 53.6 Å². The van der Waals surface area contributed by atoms with Gasteiger partial charge in [-0.2, -0.15) is 12.7 Å². The molecule has 1 aliphatic rings. The highest BCUT2D eigenvalue weighted by Crippen LogP contribution is 2.22. The molecule has 0 radical (unpaired) electrons. The maximum absolute atomic E-state index is 12.7. The Balaban J connectivity index is 1.70. The van der Waals surface area contributed by atoms with E-state index in [4.69, 9.17) is 11.7 Å². The van der Waals surface area contributed by atoms with Gasteiger partial charge < -0.3 is 10.0 Å². The summed E-state index contributed by atoms with van der Waals surface area (Å²) >= 11 is 0. The van der Waals surface area contributed by atoms with Crippen LogP contribution in [0.4, 0.5) is 17.3 Å². The zero-order valence-corrected chi connectivity index (χ0v) is 15.6. The fraction of sp³-hybridized carbons (Fsp3) is 0.353. The van der Waals surface area contributed by atoms with Crippen LogP contribution >= 0.6 is 0 Å². The number of piperazine rings is 1. The number of hydrogen-bond donors (Lipinski definition) is 2. The van der Waals surface area contributed by atoms with Crippen LogP contribution in [0.15, 0.2) is 36.5 Å². The standard InChI is InChI=1S/C17H20N6O3S/c1-13-11-22(17-7-6-14(18-2)10-19-17)8-9-23(13)27(25,26)21-16-5-3-4-15(12-24)20-16/h3-7,10,13,24H,8-9,11-12H2,1H3,(H,20,21). The second-order valence-corrected chi connectivity index (χ2v) is 7.79. The first-order valence-corrected chi connectivity index (χ1v) is 9.82. The lowest BCUT2D eigenvalue weighted by Gasteiger charge is -2.39. The molecule has 2 N–H and O–H groups in total. The molecule has 1 saturated heterocycles. The Labute approximate surface area is 158 Å². The van der Waals surface area contributed by atoms with E-state index in [0.717, 1.165) is 5.82 Å². The Kier molecular flexibility index (Phi) is 5.55. The fourth-order valence-electron chi connectivity index (χ4n) is 2.95. The Morgan fingerprint density at radius 2 is 2.15 bits per heavy atom. The van der Waals surface area contributed by atoms with Crippen molar-refractivity contribution in [2.24, 2.45) is 0 Å². The lowest BCUT2D eigenvalue weighted by Crippen LogP contribution is -2.55. The molecule has 142 valence electrons. The van der Waals surface area contributed by atoms with E-state index in [9.17, 15) is 8.42 Å². The molecule has 9 nitrogen and oxygen atoms in total. The third-order valence-electron chi connectivity index (χ3n) is 4.26. The van der Waals surface area contributed by atoms with Crippen molar-refractivity contribution in [2.75, 3.05) is 29.3 Å². The maximum Gasteiger partial charge on any atom is 0.303 e. The van der Waals surface area contributed by atoms with Crippen molar-refractivity contribution in [2.45, 2.75) is 19.6 Å². The highest BCUT2D eigenvalue weighted by Gasteiger charge is 2.33. The third kappa shape index (κ3) is 4.33. The molecule has 1 atom stereocenters. The van der Waals surface area contributed by atoms with Crippen molar-refractivity contribution in [3.63, 3.8) is 0 Å². The topological polar surface area (TPSA) is 103 Å². The molecule has 3 heterocycles. The number of rotatable bonds is 5. The summed E-state index contributed by atoms with van der Waals surface area (Å²) in [6.45, 7) is 9.81. The quantitative estimate of drug-likeness (QED) is 0.751. The summed E-state index contributed by atoms with van der Waals surface area (Å²) in [5.74, 6) is 0.893. The number of nitrogens with one attached hydrogen (secondary N) is 1. The van der Waals surface area contributed by atoms with Crippen molar-refractivity contribution in [1.82, 2.24) is 14.3 Å². The lowest BCUT2D eigenvalue weighted by molar-refractivity contribution is 0.277. The van der Waals surface area contributed by atoms with E-state index < -0.39 is 10.2 Å². The summed E-state index contributed by atoms with van der Waals surface area (Å²) in [6, 6.07) is 7.99. The van der Waals surface area contributed by atoms with Gasteiger partial charge in [0, 0.05) is 31.9 Å². The van der Waals surface area contributed by atoms with Gasteiger partial charge in [0.05, 0.1) is 18.9 Å². The predicted molar refractivity (Wildman–Crippen MR) is 102 cm³/mol. The molecule has 0 amide bonds. The molecule has 10 heteroatoms. The Hall–Kier alpha value is -2.74. The summed E-state index contributed by atoms with van der Waals surface area (Å²) in [6.07, 6.45) is 1.51. The Morgan fingerprint density at radius 1 is 1.33 bits per heavy atom. The first kappa shape index (κ1) is 19.0. The zero-order chi connectivity index (χ0) is 19.4. The van der Waals surface area contributed by atoms with Gasteiger partial charge in [0.25, 0.3) is 0 Å². The van der Waals surface area contributed by atoms with Gasteiger partial charge >= 0.3 is 10.2 Å². The van der Waals surface area contributed by atoms with Crippen molar-refractivity contribution < 1.29 is 13.5 Å². The molecule has 2 aromatic rings. The molecule has 0 saturated carbocycles. The first-order chi connectivity index (χ1) is 12.9. The van der Waals surface area contributed by atoms with Crippen LogP contribution in [0, 0.1) is 6.57 Å². The molecule has 1 unspecified atom stereocenters. The van der Waals surface area contributed by atoms with Crippen LogP contribution in [-0.4, -0.2) is 53.5 Å². The van der Waals surface area contributed by atoms with Crippen LogP contribution in [0.3, 0.4) is 0 Å². The smallest absolute Gasteiger partial charge is 0.303 e. The predicted octanol–water partition coefficient (Wildman–Crippen LogP) is 1.39. The van der Waals surface area contributed by atoms with E-state index in [1.165, 1.54) is 10.5 Å².